The van der Waals surface area contributed by atoms with Gasteiger partial charge in [0.2, 0.25) is 0 Å². The molecular formula is C19H16N4O2. The van der Waals surface area contributed by atoms with Crippen molar-refractivity contribution in [2.45, 2.75) is 13.8 Å². The molecule has 25 heavy (non-hydrogen) atoms. The Kier molecular flexibility index (Phi) is 3.57. The minimum atomic E-state index is -0.177. The number of hydrogen-bond acceptors (Lipinski definition) is 4. The predicted octanol–water partition coefficient (Wildman–Crippen LogP) is 3.88. The Labute approximate surface area is 144 Å². The fourth-order valence-corrected chi connectivity index (χ4v) is 2.72. The molecule has 0 saturated heterocycles. The van der Waals surface area contributed by atoms with Crippen LogP contribution in [0, 0.1) is 13.8 Å². The second-order valence-corrected chi connectivity index (χ2v) is 5.80. The molecule has 2 aromatic carbocycles. The fraction of sp³-hybridized carbons (Fsp3) is 0.105. The van der Waals surface area contributed by atoms with Crippen molar-refractivity contribution in [1.82, 2.24) is 14.8 Å². The summed E-state index contributed by atoms with van der Waals surface area (Å²) in [5.41, 5.74) is 4.63. The molecule has 6 heteroatoms. The van der Waals surface area contributed by atoms with E-state index in [-0.39, 0.29) is 5.91 Å². The van der Waals surface area contributed by atoms with Gasteiger partial charge in [-0.05, 0) is 55.5 Å². The largest absolute Gasteiger partial charge is 0.441 e. The SMILES string of the molecule is Cc1nc2cc(NC(=O)c3ccc(-n4nccc4C)cc3)ccc2o1. The molecule has 0 unspecified atom stereocenters. The van der Waals surface area contributed by atoms with Crippen molar-refractivity contribution in [3.8, 4) is 5.69 Å². The zero-order valence-electron chi connectivity index (χ0n) is 13.9. The Morgan fingerprint density at radius 1 is 1.08 bits per heavy atom. The highest BCUT2D eigenvalue weighted by atomic mass is 16.3. The summed E-state index contributed by atoms with van der Waals surface area (Å²) in [6, 6.07) is 14.6. The van der Waals surface area contributed by atoms with E-state index in [0.717, 1.165) is 16.9 Å². The zero-order valence-corrected chi connectivity index (χ0v) is 13.9. The van der Waals surface area contributed by atoms with Crippen molar-refractivity contribution in [3.05, 3.63) is 71.9 Å². The van der Waals surface area contributed by atoms with Gasteiger partial charge >= 0.3 is 0 Å². The van der Waals surface area contributed by atoms with Crippen LogP contribution < -0.4 is 5.32 Å². The summed E-state index contributed by atoms with van der Waals surface area (Å²) in [5.74, 6) is 0.422. The summed E-state index contributed by atoms with van der Waals surface area (Å²) in [5, 5.41) is 7.14. The van der Waals surface area contributed by atoms with Crippen LogP contribution >= 0.6 is 0 Å². The van der Waals surface area contributed by atoms with Gasteiger partial charge in [-0.15, -0.1) is 0 Å². The normalized spacial score (nSPS) is 11.0. The topological polar surface area (TPSA) is 73.0 Å². The molecule has 0 fully saturated rings. The van der Waals surface area contributed by atoms with E-state index in [2.05, 4.69) is 15.4 Å². The number of aromatic nitrogens is 3. The lowest BCUT2D eigenvalue weighted by atomic mass is 10.2. The molecule has 0 bridgehead atoms. The maximum Gasteiger partial charge on any atom is 0.255 e. The summed E-state index contributed by atoms with van der Waals surface area (Å²) < 4.78 is 7.26. The molecule has 4 aromatic rings. The Hall–Kier alpha value is -3.41. The highest BCUT2D eigenvalue weighted by molar-refractivity contribution is 6.05. The standard InChI is InChI=1S/C19H16N4O2/c1-12-9-10-20-23(12)16-6-3-14(4-7-16)19(24)22-15-5-8-18-17(11-15)21-13(2)25-18/h3-11H,1-2H3,(H,22,24). The molecule has 4 rings (SSSR count). The number of carbonyl (C=O) groups excluding carboxylic acids is 1. The van der Waals surface area contributed by atoms with Crippen LogP contribution in [0.4, 0.5) is 5.69 Å². The highest BCUT2D eigenvalue weighted by Gasteiger charge is 2.09. The van der Waals surface area contributed by atoms with Crippen LogP contribution in [0.15, 0.2) is 59.1 Å². The van der Waals surface area contributed by atoms with Crippen LogP contribution in [0.2, 0.25) is 0 Å². The van der Waals surface area contributed by atoms with Crippen LogP contribution in [0.25, 0.3) is 16.8 Å². The number of hydrogen-bond donors (Lipinski definition) is 1. The smallest absolute Gasteiger partial charge is 0.255 e. The van der Waals surface area contributed by atoms with Gasteiger partial charge in [0.15, 0.2) is 11.5 Å². The summed E-state index contributed by atoms with van der Waals surface area (Å²) in [4.78, 5) is 16.7. The van der Waals surface area contributed by atoms with Gasteiger partial charge in [0.25, 0.3) is 5.91 Å². The molecular weight excluding hydrogens is 316 g/mol. The third-order valence-electron chi connectivity index (χ3n) is 3.96. The van der Waals surface area contributed by atoms with Crippen molar-refractivity contribution in [3.63, 3.8) is 0 Å². The van der Waals surface area contributed by atoms with E-state index >= 15 is 0 Å². The average Bonchev–Trinajstić information content (AvgIpc) is 3.19. The van der Waals surface area contributed by atoms with Gasteiger partial charge in [0.1, 0.15) is 5.52 Å². The lowest BCUT2D eigenvalue weighted by Gasteiger charge is -2.07. The van der Waals surface area contributed by atoms with Crippen molar-refractivity contribution in [2.75, 3.05) is 5.32 Å². The Morgan fingerprint density at radius 3 is 2.60 bits per heavy atom. The maximum absolute atomic E-state index is 12.4. The second kappa shape index (κ2) is 5.90. The van der Waals surface area contributed by atoms with E-state index in [4.69, 9.17) is 4.42 Å². The number of nitrogens with zero attached hydrogens (tertiary/aromatic N) is 3. The van der Waals surface area contributed by atoms with Gasteiger partial charge < -0.3 is 9.73 Å². The van der Waals surface area contributed by atoms with Crippen LogP contribution in [-0.2, 0) is 0 Å². The number of carbonyl (C=O) groups is 1. The number of nitrogens with one attached hydrogen (secondary N) is 1. The minimum Gasteiger partial charge on any atom is -0.441 e. The second-order valence-electron chi connectivity index (χ2n) is 5.80. The molecule has 1 amide bonds. The summed E-state index contributed by atoms with van der Waals surface area (Å²) in [7, 11) is 0. The van der Waals surface area contributed by atoms with E-state index in [1.807, 2.05) is 29.8 Å². The fourth-order valence-electron chi connectivity index (χ4n) is 2.72. The Morgan fingerprint density at radius 2 is 1.88 bits per heavy atom. The lowest BCUT2D eigenvalue weighted by Crippen LogP contribution is -2.12. The van der Waals surface area contributed by atoms with Gasteiger partial charge in [-0.3, -0.25) is 4.79 Å². The van der Waals surface area contributed by atoms with Gasteiger partial charge in [-0.2, -0.15) is 5.10 Å². The quantitative estimate of drug-likeness (QED) is 0.618. The van der Waals surface area contributed by atoms with Crippen molar-refractivity contribution in [1.29, 1.82) is 0 Å². The number of oxazole rings is 1. The van der Waals surface area contributed by atoms with Crippen molar-refractivity contribution < 1.29 is 9.21 Å². The van der Waals surface area contributed by atoms with Crippen LogP contribution in [0.3, 0.4) is 0 Å². The molecule has 0 atom stereocenters. The molecule has 2 aromatic heterocycles. The molecule has 0 aliphatic carbocycles. The first-order valence-electron chi connectivity index (χ1n) is 7.90. The first kappa shape index (κ1) is 15.1. The number of fused-ring (bicyclic) bond motifs is 1. The van der Waals surface area contributed by atoms with Crippen molar-refractivity contribution in [2.24, 2.45) is 0 Å². The first-order chi connectivity index (χ1) is 12.1. The number of anilines is 1. The van der Waals surface area contributed by atoms with Gasteiger partial charge in [0.05, 0.1) is 5.69 Å². The molecule has 1 N–H and O–H groups in total. The van der Waals surface area contributed by atoms with Gasteiger partial charge in [0, 0.05) is 30.1 Å². The van der Waals surface area contributed by atoms with Crippen molar-refractivity contribution >= 4 is 22.7 Å². The number of rotatable bonds is 3. The lowest BCUT2D eigenvalue weighted by molar-refractivity contribution is 0.102. The van der Waals surface area contributed by atoms with Gasteiger partial charge in [-0.25, -0.2) is 9.67 Å². The molecule has 6 nitrogen and oxygen atoms in total. The van der Waals surface area contributed by atoms with E-state index in [1.54, 1.807) is 43.5 Å². The number of benzene rings is 2. The van der Waals surface area contributed by atoms with Gasteiger partial charge in [-0.1, -0.05) is 0 Å². The molecule has 0 spiro atoms. The minimum absolute atomic E-state index is 0.177. The van der Waals surface area contributed by atoms with E-state index in [9.17, 15) is 4.79 Å². The number of aryl methyl sites for hydroxylation is 2. The van der Waals surface area contributed by atoms with Crippen LogP contribution in [0.1, 0.15) is 21.9 Å². The number of amides is 1. The van der Waals surface area contributed by atoms with Crippen LogP contribution in [0.5, 0.6) is 0 Å². The summed E-state index contributed by atoms with van der Waals surface area (Å²) >= 11 is 0. The Balaban J connectivity index is 1.54. The third kappa shape index (κ3) is 2.89. The summed E-state index contributed by atoms with van der Waals surface area (Å²) in [6.45, 7) is 3.77. The molecule has 0 aliphatic heterocycles. The monoisotopic (exact) mass is 332 g/mol. The summed E-state index contributed by atoms with van der Waals surface area (Å²) in [6.07, 6.45) is 1.75. The molecule has 0 aliphatic rings. The van der Waals surface area contributed by atoms with E-state index in [0.29, 0.717) is 22.7 Å². The molecule has 124 valence electrons. The van der Waals surface area contributed by atoms with Crippen LogP contribution in [-0.4, -0.2) is 20.7 Å². The third-order valence-corrected chi connectivity index (χ3v) is 3.96. The van der Waals surface area contributed by atoms with E-state index in [1.165, 1.54) is 0 Å². The first-order valence-corrected chi connectivity index (χ1v) is 7.90. The molecule has 0 radical (unpaired) electrons. The predicted molar refractivity (Wildman–Crippen MR) is 95.0 cm³/mol. The Bertz CT molecular complexity index is 1060. The molecule has 2 heterocycles. The maximum atomic E-state index is 12.4. The average molecular weight is 332 g/mol. The highest BCUT2D eigenvalue weighted by Crippen LogP contribution is 2.20. The molecule has 0 saturated carbocycles. The van der Waals surface area contributed by atoms with E-state index < -0.39 is 0 Å². The zero-order chi connectivity index (χ0) is 17.4.